The number of hydrogen-bond acceptors (Lipinski definition) is 3. The molecule has 0 radical (unpaired) electrons. The topological polar surface area (TPSA) is 63.3 Å². The van der Waals surface area contributed by atoms with Crippen molar-refractivity contribution in [1.82, 2.24) is 5.16 Å². The number of hydrogen-bond donors (Lipinski definition) is 1. The third-order valence-electron chi connectivity index (χ3n) is 4.74. The first-order chi connectivity index (χ1) is 10.5. The molecule has 1 heterocycles. The second-order valence-electron chi connectivity index (χ2n) is 6.91. The summed E-state index contributed by atoms with van der Waals surface area (Å²) in [5, 5.41) is 12.9. The molecule has 0 aliphatic heterocycles. The Labute approximate surface area is 130 Å². The van der Waals surface area contributed by atoms with Crippen LogP contribution in [0.5, 0.6) is 0 Å². The molecule has 0 amide bonds. The minimum atomic E-state index is -1.09. The van der Waals surface area contributed by atoms with Crippen LogP contribution in [0.4, 0.5) is 0 Å². The van der Waals surface area contributed by atoms with Crippen molar-refractivity contribution in [3.63, 3.8) is 0 Å². The molecule has 1 fully saturated rings. The number of carbonyl (C=O) groups is 1. The minimum absolute atomic E-state index is 0.116. The van der Waals surface area contributed by atoms with Gasteiger partial charge in [0.2, 0.25) is 5.76 Å². The largest absolute Gasteiger partial charge is 0.475 e. The van der Waals surface area contributed by atoms with E-state index in [4.69, 9.17) is 9.63 Å². The molecule has 1 aliphatic carbocycles. The molecule has 0 unspecified atom stereocenters. The van der Waals surface area contributed by atoms with E-state index in [1.807, 2.05) is 18.2 Å². The Bertz CT molecular complexity index is 677. The zero-order valence-corrected chi connectivity index (χ0v) is 13.0. The van der Waals surface area contributed by atoms with Crippen molar-refractivity contribution in [2.45, 2.75) is 45.4 Å². The molecular weight excluding hydrogens is 278 g/mol. The molecule has 0 spiro atoms. The van der Waals surface area contributed by atoms with Gasteiger partial charge in [0.15, 0.2) is 0 Å². The Morgan fingerprint density at radius 2 is 1.95 bits per heavy atom. The number of aromatic nitrogens is 1. The van der Waals surface area contributed by atoms with E-state index in [-0.39, 0.29) is 5.76 Å². The van der Waals surface area contributed by atoms with Gasteiger partial charge in [0.05, 0.1) is 0 Å². The standard InChI is InChI=1S/C18H21NO3/c1-18(2)9-7-12(8-10-18)13-5-3-4-6-14(13)15-11-16(17(20)21)22-19-15/h3-6,11-12H,7-10H2,1-2H3,(H,20,21). The van der Waals surface area contributed by atoms with Crippen LogP contribution in [0.1, 0.15) is 61.6 Å². The number of nitrogens with zero attached hydrogens (tertiary/aromatic N) is 1. The molecule has 1 aromatic heterocycles. The second kappa shape index (κ2) is 5.59. The molecule has 2 aromatic rings. The summed E-state index contributed by atoms with van der Waals surface area (Å²) < 4.78 is 4.91. The molecule has 3 rings (SSSR count). The Kier molecular flexibility index (Phi) is 3.77. The predicted molar refractivity (Wildman–Crippen MR) is 83.9 cm³/mol. The van der Waals surface area contributed by atoms with Crippen LogP contribution in [0.3, 0.4) is 0 Å². The molecule has 1 N–H and O–H groups in total. The first-order valence-corrected chi connectivity index (χ1v) is 7.76. The van der Waals surface area contributed by atoms with Crippen LogP contribution in [0.2, 0.25) is 0 Å². The Morgan fingerprint density at radius 3 is 2.59 bits per heavy atom. The molecule has 1 aromatic carbocycles. The van der Waals surface area contributed by atoms with Crippen LogP contribution < -0.4 is 0 Å². The third-order valence-corrected chi connectivity index (χ3v) is 4.74. The lowest BCUT2D eigenvalue weighted by molar-refractivity contribution is 0.0652. The normalized spacial score (nSPS) is 18.3. The summed E-state index contributed by atoms with van der Waals surface area (Å²) in [5.74, 6) is -0.695. The predicted octanol–water partition coefficient (Wildman–Crippen LogP) is 4.72. The Morgan fingerprint density at radius 1 is 1.27 bits per heavy atom. The lowest BCUT2D eigenvalue weighted by Crippen LogP contribution is -2.20. The third kappa shape index (κ3) is 2.91. The van der Waals surface area contributed by atoms with Crippen molar-refractivity contribution in [1.29, 1.82) is 0 Å². The lowest BCUT2D eigenvalue weighted by atomic mass is 9.70. The summed E-state index contributed by atoms with van der Waals surface area (Å²) in [6.07, 6.45) is 4.75. The van der Waals surface area contributed by atoms with Gasteiger partial charge >= 0.3 is 5.97 Å². The molecule has 1 aliphatic rings. The van der Waals surface area contributed by atoms with Crippen LogP contribution in [-0.4, -0.2) is 16.2 Å². The van der Waals surface area contributed by atoms with Gasteiger partial charge in [-0.25, -0.2) is 4.79 Å². The van der Waals surface area contributed by atoms with Gasteiger partial charge in [-0.2, -0.15) is 0 Å². The molecule has 116 valence electrons. The van der Waals surface area contributed by atoms with Crippen molar-refractivity contribution in [2.24, 2.45) is 5.41 Å². The van der Waals surface area contributed by atoms with Gasteiger partial charge in [-0.3, -0.25) is 0 Å². The maximum atomic E-state index is 11.0. The van der Waals surface area contributed by atoms with Crippen LogP contribution in [-0.2, 0) is 0 Å². The highest BCUT2D eigenvalue weighted by molar-refractivity contribution is 5.85. The van der Waals surface area contributed by atoms with E-state index in [9.17, 15) is 4.79 Å². The molecule has 0 atom stereocenters. The fraction of sp³-hybridized carbons (Fsp3) is 0.444. The second-order valence-corrected chi connectivity index (χ2v) is 6.91. The maximum absolute atomic E-state index is 11.0. The number of rotatable bonds is 3. The highest BCUT2D eigenvalue weighted by atomic mass is 16.5. The van der Waals surface area contributed by atoms with Gasteiger partial charge in [0.25, 0.3) is 0 Å². The fourth-order valence-electron chi connectivity index (χ4n) is 3.30. The molecule has 22 heavy (non-hydrogen) atoms. The average molecular weight is 299 g/mol. The first kappa shape index (κ1) is 14.8. The summed E-state index contributed by atoms with van der Waals surface area (Å²) in [4.78, 5) is 11.0. The van der Waals surface area contributed by atoms with Crippen molar-refractivity contribution < 1.29 is 14.4 Å². The summed E-state index contributed by atoms with van der Waals surface area (Å²) in [5.41, 5.74) is 3.28. The van der Waals surface area contributed by atoms with E-state index >= 15 is 0 Å². The molecule has 1 saturated carbocycles. The number of carboxylic acid groups (broad SMARTS) is 1. The van der Waals surface area contributed by atoms with Gasteiger partial charge < -0.3 is 9.63 Å². The number of aromatic carboxylic acids is 1. The monoisotopic (exact) mass is 299 g/mol. The molecule has 0 saturated heterocycles. The van der Waals surface area contributed by atoms with Crippen molar-refractivity contribution >= 4 is 5.97 Å². The van der Waals surface area contributed by atoms with Gasteiger partial charge in [0, 0.05) is 11.6 Å². The van der Waals surface area contributed by atoms with Crippen LogP contribution in [0.15, 0.2) is 34.9 Å². The fourth-order valence-corrected chi connectivity index (χ4v) is 3.30. The zero-order valence-electron chi connectivity index (χ0n) is 13.0. The van der Waals surface area contributed by atoms with Crippen LogP contribution in [0, 0.1) is 5.41 Å². The quantitative estimate of drug-likeness (QED) is 0.890. The lowest BCUT2D eigenvalue weighted by Gasteiger charge is -2.35. The van der Waals surface area contributed by atoms with Crippen molar-refractivity contribution in [2.75, 3.05) is 0 Å². The van der Waals surface area contributed by atoms with E-state index in [0.717, 1.165) is 18.4 Å². The van der Waals surface area contributed by atoms with E-state index in [1.54, 1.807) is 0 Å². The minimum Gasteiger partial charge on any atom is -0.475 e. The first-order valence-electron chi connectivity index (χ1n) is 7.76. The van der Waals surface area contributed by atoms with E-state index in [1.165, 1.54) is 24.5 Å². The summed E-state index contributed by atoms with van der Waals surface area (Å²) >= 11 is 0. The maximum Gasteiger partial charge on any atom is 0.374 e. The van der Waals surface area contributed by atoms with Gasteiger partial charge in [-0.1, -0.05) is 43.3 Å². The zero-order chi connectivity index (χ0) is 15.7. The molecule has 0 bridgehead atoms. The average Bonchev–Trinajstić information content (AvgIpc) is 2.97. The highest BCUT2D eigenvalue weighted by Crippen LogP contribution is 2.44. The Balaban J connectivity index is 1.91. The number of benzene rings is 1. The van der Waals surface area contributed by atoms with Crippen LogP contribution in [0.25, 0.3) is 11.3 Å². The summed E-state index contributed by atoms with van der Waals surface area (Å²) in [7, 11) is 0. The van der Waals surface area contributed by atoms with E-state index < -0.39 is 5.97 Å². The van der Waals surface area contributed by atoms with Gasteiger partial charge in [-0.15, -0.1) is 0 Å². The molecule has 4 heteroatoms. The molecule has 4 nitrogen and oxygen atoms in total. The smallest absolute Gasteiger partial charge is 0.374 e. The van der Waals surface area contributed by atoms with Crippen LogP contribution >= 0.6 is 0 Å². The molecular formula is C18H21NO3. The Hall–Kier alpha value is -2.10. The van der Waals surface area contributed by atoms with E-state index in [0.29, 0.717) is 17.0 Å². The summed E-state index contributed by atoms with van der Waals surface area (Å²) in [6.45, 7) is 4.65. The van der Waals surface area contributed by atoms with Crippen molar-refractivity contribution in [3.05, 3.63) is 41.7 Å². The number of carboxylic acids is 1. The SMILES string of the molecule is CC1(C)CCC(c2ccccc2-c2cc(C(=O)O)on2)CC1. The van der Waals surface area contributed by atoms with Crippen molar-refractivity contribution in [3.8, 4) is 11.3 Å². The van der Waals surface area contributed by atoms with Gasteiger partial charge in [-0.05, 0) is 42.6 Å². The summed E-state index contributed by atoms with van der Waals surface area (Å²) in [6, 6.07) is 9.64. The van der Waals surface area contributed by atoms with Gasteiger partial charge in [0.1, 0.15) is 5.69 Å². The van der Waals surface area contributed by atoms with E-state index in [2.05, 4.69) is 25.1 Å². The highest BCUT2D eigenvalue weighted by Gasteiger charge is 2.29.